The molecule has 1 aliphatic rings. The maximum absolute atomic E-state index is 12.4. The van der Waals surface area contributed by atoms with E-state index in [1.54, 1.807) is 0 Å². The van der Waals surface area contributed by atoms with Gasteiger partial charge in [-0.1, -0.05) is 0 Å². The van der Waals surface area contributed by atoms with Crippen molar-refractivity contribution in [2.45, 2.75) is 18.5 Å². The zero-order chi connectivity index (χ0) is 10.9. The van der Waals surface area contributed by atoms with E-state index in [2.05, 4.69) is 10.3 Å². The van der Waals surface area contributed by atoms with Crippen LogP contribution in [-0.2, 0) is 6.18 Å². The lowest BCUT2D eigenvalue weighted by molar-refractivity contribution is -0.137. The van der Waals surface area contributed by atoms with Crippen LogP contribution in [0.25, 0.3) is 0 Å². The van der Waals surface area contributed by atoms with Crippen LogP contribution in [0.2, 0.25) is 0 Å². The molecular formula is C10H11F3N2. The van der Waals surface area contributed by atoms with Gasteiger partial charge in [0, 0.05) is 24.4 Å². The van der Waals surface area contributed by atoms with Crippen molar-refractivity contribution < 1.29 is 13.2 Å². The molecule has 82 valence electrons. The molecule has 1 N–H and O–H groups in total. The Bertz CT molecular complexity index is 343. The average molecular weight is 216 g/mol. The number of pyridine rings is 1. The molecule has 1 fully saturated rings. The van der Waals surface area contributed by atoms with Gasteiger partial charge in [-0.05, 0) is 25.1 Å². The van der Waals surface area contributed by atoms with Gasteiger partial charge in [0.1, 0.15) is 0 Å². The monoisotopic (exact) mass is 216 g/mol. The van der Waals surface area contributed by atoms with Crippen LogP contribution >= 0.6 is 0 Å². The topological polar surface area (TPSA) is 24.9 Å². The highest BCUT2D eigenvalue weighted by molar-refractivity contribution is 5.22. The van der Waals surface area contributed by atoms with Crippen LogP contribution in [0.1, 0.15) is 23.6 Å². The zero-order valence-electron chi connectivity index (χ0n) is 8.01. The van der Waals surface area contributed by atoms with E-state index in [1.807, 2.05) is 0 Å². The van der Waals surface area contributed by atoms with E-state index >= 15 is 0 Å². The summed E-state index contributed by atoms with van der Waals surface area (Å²) >= 11 is 0. The van der Waals surface area contributed by atoms with Gasteiger partial charge in [0.05, 0.1) is 5.56 Å². The minimum atomic E-state index is -4.27. The smallest absolute Gasteiger partial charge is 0.316 e. The summed E-state index contributed by atoms with van der Waals surface area (Å²) in [5.74, 6) is 0.118. The summed E-state index contributed by atoms with van der Waals surface area (Å²) in [6.07, 6.45) is -2.19. The second kappa shape index (κ2) is 3.81. The van der Waals surface area contributed by atoms with Gasteiger partial charge >= 0.3 is 6.18 Å². The van der Waals surface area contributed by atoms with Crippen molar-refractivity contribution >= 4 is 0 Å². The summed E-state index contributed by atoms with van der Waals surface area (Å²) in [5, 5.41) is 3.11. The van der Waals surface area contributed by atoms with Crippen LogP contribution in [0.15, 0.2) is 18.3 Å². The van der Waals surface area contributed by atoms with Crippen molar-refractivity contribution in [2.24, 2.45) is 0 Å². The highest BCUT2D eigenvalue weighted by atomic mass is 19.4. The molecule has 1 aromatic rings. The molecule has 2 heterocycles. The number of hydrogen-bond acceptors (Lipinski definition) is 2. The number of nitrogens with one attached hydrogen (secondary N) is 1. The molecule has 0 aliphatic carbocycles. The Morgan fingerprint density at radius 2 is 2.20 bits per heavy atom. The quantitative estimate of drug-likeness (QED) is 0.778. The predicted octanol–water partition coefficient (Wildman–Crippen LogP) is 2.18. The van der Waals surface area contributed by atoms with Gasteiger partial charge in [-0.3, -0.25) is 4.98 Å². The van der Waals surface area contributed by atoms with Crippen molar-refractivity contribution in [3.8, 4) is 0 Å². The van der Waals surface area contributed by atoms with Gasteiger partial charge in [-0.25, -0.2) is 0 Å². The van der Waals surface area contributed by atoms with Crippen molar-refractivity contribution in [2.75, 3.05) is 13.1 Å². The summed E-state index contributed by atoms with van der Waals surface area (Å²) < 4.78 is 37.2. The minimum absolute atomic E-state index is 0.118. The first kappa shape index (κ1) is 10.4. The van der Waals surface area contributed by atoms with Crippen LogP contribution in [0.3, 0.4) is 0 Å². The summed E-state index contributed by atoms with van der Waals surface area (Å²) in [6, 6.07) is 2.16. The molecule has 0 spiro atoms. The van der Waals surface area contributed by atoms with E-state index in [9.17, 15) is 13.2 Å². The normalized spacial score (nSPS) is 21.9. The molecule has 1 saturated heterocycles. The first-order valence-corrected chi connectivity index (χ1v) is 4.81. The Kier molecular flexibility index (Phi) is 2.65. The van der Waals surface area contributed by atoms with E-state index in [1.165, 1.54) is 6.20 Å². The van der Waals surface area contributed by atoms with Crippen LogP contribution < -0.4 is 5.32 Å². The molecule has 2 rings (SSSR count). The summed E-state index contributed by atoms with van der Waals surface area (Å²) in [7, 11) is 0. The van der Waals surface area contributed by atoms with Crippen LogP contribution in [0.5, 0.6) is 0 Å². The van der Waals surface area contributed by atoms with E-state index < -0.39 is 11.7 Å². The highest BCUT2D eigenvalue weighted by Crippen LogP contribution is 2.31. The fourth-order valence-corrected chi connectivity index (χ4v) is 1.76. The summed E-state index contributed by atoms with van der Waals surface area (Å²) in [5.41, 5.74) is -0.0748. The molecule has 0 amide bonds. The molecule has 0 unspecified atom stereocenters. The molecule has 1 aromatic heterocycles. The number of hydrogen-bond donors (Lipinski definition) is 1. The number of rotatable bonds is 1. The van der Waals surface area contributed by atoms with Gasteiger partial charge in [-0.15, -0.1) is 0 Å². The molecule has 0 saturated carbocycles. The average Bonchev–Trinajstić information content (AvgIpc) is 2.69. The molecule has 15 heavy (non-hydrogen) atoms. The van der Waals surface area contributed by atoms with E-state index in [0.717, 1.165) is 25.1 Å². The van der Waals surface area contributed by atoms with E-state index in [4.69, 9.17) is 0 Å². The summed E-state index contributed by atoms with van der Waals surface area (Å²) in [4.78, 5) is 3.99. The van der Waals surface area contributed by atoms with Gasteiger partial charge in [0.25, 0.3) is 0 Å². The predicted molar refractivity (Wildman–Crippen MR) is 49.5 cm³/mol. The Balaban J connectivity index is 2.26. The molecule has 1 atom stereocenters. The molecule has 0 radical (unpaired) electrons. The number of nitrogens with zero attached hydrogens (tertiary/aromatic N) is 1. The Morgan fingerprint density at radius 1 is 1.40 bits per heavy atom. The molecule has 0 bridgehead atoms. The van der Waals surface area contributed by atoms with Crippen molar-refractivity contribution in [1.82, 2.24) is 10.3 Å². The van der Waals surface area contributed by atoms with Gasteiger partial charge in [0.15, 0.2) is 0 Å². The fourth-order valence-electron chi connectivity index (χ4n) is 1.76. The Labute approximate surface area is 85.5 Å². The highest BCUT2D eigenvalue weighted by Gasteiger charge is 2.31. The third-order valence-electron chi connectivity index (χ3n) is 2.59. The SMILES string of the molecule is FC(F)(F)c1ccnc([C@H]2CCNC2)c1. The Morgan fingerprint density at radius 3 is 2.80 bits per heavy atom. The fraction of sp³-hybridized carbons (Fsp3) is 0.500. The minimum Gasteiger partial charge on any atom is -0.316 e. The van der Waals surface area contributed by atoms with Crippen molar-refractivity contribution in [1.29, 1.82) is 0 Å². The molecule has 2 nitrogen and oxygen atoms in total. The van der Waals surface area contributed by atoms with Gasteiger partial charge in [-0.2, -0.15) is 13.2 Å². The third kappa shape index (κ3) is 2.28. The zero-order valence-corrected chi connectivity index (χ0v) is 8.01. The molecule has 1 aliphatic heterocycles. The van der Waals surface area contributed by atoms with E-state index in [0.29, 0.717) is 12.2 Å². The Hall–Kier alpha value is -1.10. The van der Waals surface area contributed by atoms with Crippen molar-refractivity contribution in [3.05, 3.63) is 29.6 Å². The second-order valence-corrected chi connectivity index (χ2v) is 3.66. The van der Waals surface area contributed by atoms with E-state index in [-0.39, 0.29) is 5.92 Å². The number of aromatic nitrogens is 1. The largest absolute Gasteiger partial charge is 0.416 e. The number of alkyl halides is 3. The summed E-state index contributed by atoms with van der Waals surface area (Å²) in [6.45, 7) is 1.57. The van der Waals surface area contributed by atoms with Crippen LogP contribution in [0, 0.1) is 0 Å². The molecule has 5 heteroatoms. The standard InChI is InChI=1S/C10H11F3N2/c11-10(12,13)8-2-4-15-9(5-8)7-1-3-14-6-7/h2,4-5,7,14H,1,3,6H2/t7-/m0/s1. The first-order chi connectivity index (χ1) is 7.07. The lowest BCUT2D eigenvalue weighted by Gasteiger charge is -2.11. The second-order valence-electron chi connectivity index (χ2n) is 3.66. The van der Waals surface area contributed by atoms with Crippen molar-refractivity contribution in [3.63, 3.8) is 0 Å². The van der Waals surface area contributed by atoms with Crippen LogP contribution in [0.4, 0.5) is 13.2 Å². The lowest BCUT2D eigenvalue weighted by Crippen LogP contribution is -2.11. The molecule has 0 aromatic carbocycles. The number of halogens is 3. The maximum Gasteiger partial charge on any atom is 0.416 e. The molecular weight excluding hydrogens is 205 g/mol. The third-order valence-corrected chi connectivity index (χ3v) is 2.59. The lowest BCUT2D eigenvalue weighted by atomic mass is 10.0. The maximum atomic E-state index is 12.4. The van der Waals surface area contributed by atoms with Gasteiger partial charge < -0.3 is 5.32 Å². The van der Waals surface area contributed by atoms with Crippen LogP contribution in [-0.4, -0.2) is 18.1 Å². The van der Waals surface area contributed by atoms with Gasteiger partial charge in [0.2, 0.25) is 0 Å². The first-order valence-electron chi connectivity index (χ1n) is 4.81.